The van der Waals surface area contributed by atoms with Crippen LogP contribution in [0.5, 0.6) is 0 Å². The molecular weight excluding hydrogens is 168 g/mol. The fraction of sp³-hybridized carbons (Fsp3) is 0.429. The van der Waals surface area contributed by atoms with Crippen LogP contribution in [0.2, 0.25) is 0 Å². The zero-order valence-electron chi connectivity index (χ0n) is 10.1. The molecule has 14 heavy (non-hydrogen) atoms. The van der Waals surface area contributed by atoms with E-state index in [2.05, 4.69) is 51.1 Å². The SMILES string of the molecule is C/C=C\c1ccc(C)cc1CC.CC. The summed E-state index contributed by atoms with van der Waals surface area (Å²) < 4.78 is 0. The number of hydrogen-bond acceptors (Lipinski definition) is 0. The van der Waals surface area contributed by atoms with Gasteiger partial charge in [0.2, 0.25) is 0 Å². The lowest BCUT2D eigenvalue weighted by Gasteiger charge is -2.03. The number of hydrogen-bond donors (Lipinski definition) is 0. The van der Waals surface area contributed by atoms with Crippen molar-refractivity contribution < 1.29 is 0 Å². The molecular formula is C14H22. The Bertz CT molecular complexity index is 282. The van der Waals surface area contributed by atoms with Crippen molar-refractivity contribution in [2.24, 2.45) is 0 Å². The third-order valence-electron chi connectivity index (χ3n) is 2.03. The van der Waals surface area contributed by atoms with Crippen LogP contribution in [0.15, 0.2) is 24.3 Å². The van der Waals surface area contributed by atoms with Gasteiger partial charge < -0.3 is 0 Å². The summed E-state index contributed by atoms with van der Waals surface area (Å²) in [4.78, 5) is 0. The van der Waals surface area contributed by atoms with Crippen LogP contribution in [0.1, 0.15) is 44.4 Å². The van der Waals surface area contributed by atoms with Gasteiger partial charge in [-0.05, 0) is 31.4 Å². The lowest BCUT2D eigenvalue weighted by Crippen LogP contribution is -1.86. The van der Waals surface area contributed by atoms with E-state index in [4.69, 9.17) is 0 Å². The number of allylic oxidation sites excluding steroid dienone is 1. The van der Waals surface area contributed by atoms with Crippen molar-refractivity contribution in [1.82, 2.24) is 0 Å². The van der Waals surface area contributed by atoms with Crippen LogP contribution in [0, 0.1) is 6.92 Å². The van der Waals surface area contributed by atoms with Crippen LogP contribution in [-0.2, 0) is 6.42 Å². The van der Waals surface area contributed by atoms with E-state index in [-0.39, 0.29) is 0 Å². The first-order chi connectivity index (χ1) is 6.77. The van der Waals surface area contributed by atoms with Crippen LogP contribution in [0.4, 0.5) is 0 Å². The molecule has 0 aromatic heterocycles. The standard InChI is InChI=1S/C12H16.C2H6/c1-4-6-12-8-7-10(3)9-11(12)5-2;1-2/h4,6-9H,5H2,1-3H3;1-2H3/b6-4-;. The average molecular weight is 190 g/mol. The molecule has 0 N–H and O–H groups in total. The Labute approximate surface area is 88.7 Å². The predicted octanol–water partition coefficient (Wildman–Crippen LogP) is 4.62. The predicted molar refractivity (Wildman–Crippen MR) is 66.6 cm³/mol. The van der Waals surface area contributed by atoms with Crippen molar-refractivity contribution in [1.29, 1.82) is 0 Å². The van der Waals surface area contributed by atoms with E-state index in [1.165, 1.54) is 16.7 Å². The molecule has 1 aromatic carbocycles. The van der Waals surface area contributed by atoms with Gasteiger partial charge in [0.15, 0.2) is 0 Å². The third kappa shape index (κ3) is 3.78. The molecule has 0 unspecified atom stereocenters. The first-order valence-electron chi connectivity index (χ1n) is 5.50. The summed E-state index contributed by atoms with van der Waals surface area (Å²) in [5.74, 6) is 0. The van der Waals surface area contributed by atoms with Crippen LogP contribution in [0.25, 0.3) is 6.08 Å². The molecule has 0 atom stereocenters. The van der Waals surface area contributed by atoms with Crippen molar-refractivity contribution in [2.45, 2.75) is 41.0 Å². The first kappa shape index (κ1) is 13.0. The minimum absolute atomic E-state index is 1.11. The Morgan fingerprint density at radius 2 is 1.86 bits per heavy atom. The largest absolute Gasteiger partial charge is 0.0871 e. The smallest absolute Gasteiger partial charge is 0.0228 e. The molecule has 0 nitrogen and oxygen atoms in total. The minimum atomic E-state index is 1.11. The molecule has 0 spiro atoms. The lowest BCUT2D eigenvalue weighted by molar-refractivity contribution is 1.12. The molecule has 0 aliphatic heterocycles. The highest BCUT2D eigenvalue weighted by Gasteiger charge is 1.95. The number of benzene rings is 1. The zero-order chi connectivity index (χ0) is 11.0. The van der Waals surface area contributed by atoms with Crippen molar-refractivity contribution in [3.05, 3.63) is 41.0 Å². The quantitative estimate of drug-likeness (QED) is 0.638. The van der Waals surface area contributed by atoms with Gasteiger partial charge in [-0.2, -0.15) is 0 Å². The van der Waals surface area contributed by atoms with E-state index < -0.39 is 0 Å². The maximum absolute atomic E-state index is 2.26. The summed E-state index contributed by atoms with van der Waals surface area (Å²) in [6, 6.07) is 6.61. The van der Waals surface area contributed by atoms with E-state index in [1.54, 1.807) is 0 Å². The molecule has 0 saturated carbocycles. The van der Waals surface area contributed by atoms with Gasteiger partial charge in [-0.25, -0.2) is 0 Å². The highest BCUT2D eigenvalue weighted by Crippen LogP contribution is 2.13. The molecule has 1 aromatic rings. The van der Waals surface area contributed by atoms with Gasteiger partial charge >= 0.3 is 0 Å². The molecule has 1 rings (SSSR count). The van der Waals surface area contributed by atoms with Crippen molar-refractivity contribution in [3.63, 3.8) is 0 Å². The van der Waals surface area contributed by atoms with Gasteiger partial charge in [-0.15, -0.1) is 0 Å². The van der Waals surface area contributed by atoms with E-state index in [9.17, 15) is 0 Å². The normalized spacial score (nSPS) is 9.79. The van der Waals surface area contributed by atoms with E-state index >= 15 is 0 Å². The topological polar surface area (TPSA) is 0 Å². The fourth-order valence-electron chi connectivity index (χ4n) is 1.38. The van der Waals surface area contributed by atoms with Crippen molar-refractivity contribution >= 4 is 6.08 Å². The molecule has 0 amide bonds. The first-order valence-corrected chi connectivity index (χ1v) is 5.50. The third-order valence-corrected chi connectivity index (χ3v) is 2.03. The summed E-state index contributed by atoms with van der Waals surface area (Å²) in [5, 5.41) is 0. The van der Waals surface area contributed by atoms with E-state index in [0.29, 0.717) is 0 Å². The molecule has 78 valence electrons. The molecule has 0 heteroatoms. The zero-order valence-corrected chi connectivity index (χ0v) is 10.1. The van der Waals surface area contributed by atoms with Crippen molar-refractivity contribution in [3.8, 4) is 0 Å². The molecule has 0 heterocycles. The molecule has 0 radical (unpaired) electrons. The molecule has 0 aliphatic carbocycles. The maximum atomic E-state index is 2.26. The molecule has 0 bridgehead atoms. The minimum Gasteiger partial charge on any atom is -0.0871 e. The van der Waals surface area contributed by atoms with Crippen LogP contribution >= 0.6 is 0 Å². The Kier molecular flexibility index (Phi) is 6.82. The number of rotatable bonds is 2. The van der Waals surface area contributed by atoms with Gasteiger partial charge in [0.25, 0.3) is 0 Å². The van der Waals surface area contributed by atoms with Gasteiger partial charge in [0.05, 0.1) is 0 Å². The highest BCUT2D eigenvalue weighted by atomic mass is 14.0. The van der Waals surface area contributed by atoms with Gasteiger partial charge in [-0.1, -0.05) is 56.7 Å². The molecule has 0 saturated heterocycles. The summed E-state index contributed by atoms with van der Waals surface area (Å²) in [7, 11) is 0. The lowest BCUT2D eigenvalue weighted by atomic mass is 10.0. The summed E-state index contributed by atoms with van der Waals surface area (Å²) in [6.07, 6.45) is 5.36. The molecule has 0 fully saturated rings. The number of aryl methyl sites for hydroxylation is 2. The van der Waals surface area contributed by atoms with Gasteiger partial charge in [0, 0.05) is 0 Å². The van der Waals surface area contributed by atoms with Crippen LogP contribution < -0.4 is 0 Å². The second kappa shape index (κ2) is 7.37. The molecule has 0 aliphatic rings. The fourth-order valence-corrected chi connectivity index (χ4v) is 1.38. The van der Waals surface area contributed by atoms with Gasteiger partial charge in [0.1, 0.15) is 0 Å². The van der Waals surface area contributed by atoms with E-state index in [1.807, 2.05) is 13.8 Å². The highest BCUT2D eigenvalue weighted by molar-refractivity contribution is 5.54. The van der Waals surface area contributed by atoms with Gasteiger partial charge in [-0.3, -0.25) is 0 Å². The van der Waals surface area contributed by atoms with Crippen LogP contribution in [-0.4, -0.2) is 0 Å². The van der Waals surface area contributed by atoms with Crippen LogP contribution in [0.3, 0.4) is 0 Å². The van der Waals surface area contributed by atoms with Crippen molar-refractivity contribution in [2.75, 3.05) is 0 Å². The maximum Gasteiger partial charge on any atom is -0.0228 e. The summed E-state index contributed by atoms with van der Waals surface area (Å²) >= 11 is 0. The second-order valence-electron chi connectivity index (χ2n) is 3.06. The Balaban J connectivity index is 0.000000791. The Hall–Kier alpha value is -1.04. The second-order valence-corrected chi connectivity index (χ2v) is 3.06. The summed E-state index contributed by atoms with van der Waals surface area (Å²) in [5.41, 5.74) is 4.14. The van der Waals surface area contributed by atoms with E-state index in [0.717, 1.165) is 6.42 Å². The average Bonchev–Trinajstić information content (AvgIpc) is 2.24. The Morgan fingerprint density at radius 1 is 1.21 bits per heavy atom. The summed E-state index contributed by atoms with van der Waals surface area (Å²) in [6.45, 7) is 10.4. The Morgan fingerprint density at radius 3 is 2.36 bits per heavy atom. The monoisotopic (exact) mass is 190 g/mol.